The van der Waals surface area contributed by atoms with Gasteiger partial charge in [-0.25, -0.2) is 9.69 Å². The molecule has 1 atom stereocenters. The second-order valence-electron chi connectivity index (χ2n) is 3.76. The van der Waals surface area contributed by atoms with Crippen LogP contribution in [-0.4, -0.2) is 30.1 Å². The fourth-order valence-corrected chi connectivity index (χ4v) is 1.62. The van der Waals surface area contributed by atoms with Crippen molar-refractivity contribution >= 4 is 12.0 Å². The van der Waals surface area contributed by atoms with Crippen LogP contribution in [0.4, 0.5) is 4.79 Å². The third-order valence-corrected chi connectivity index (χ3v) is 2.37. The average molecular weight is 199 g/mol. The van der Waals surface area contributed by atoms with Gasteiger partial charge in [0.1, 0.15) is 6.61 Å². The number of cyclic esters (lactones) is 1. The van der Waals surface area contributed by atoms with Crippen LogP contribution in [0, 0.1) is 5.92 Å². The van der Waals surface area contributed by atoms with E-state index >= 15 is 0 Å². The van der Waals surface area contributed by atoms with Crippen LogP contribution in [0.5, 0.6) is 0 Å². The molecule has 4 heteroatoms. The van der Waals surface area contributed by atoms with E-state index in [1.807, 2.05) is 6.92 Å². The average Bonchev–Trinajstić information content (AvgIpc) is 2.51. The molecule has 0 saturated carbocycles. The molecule has 0 bridgehead atoms. The monoisotopic (exact) mass is 199 g/mol. The fourth-order valence-electron chi connectivity index (χ4n) is 1.62. The Hall–Kier alpha value is -1.06. The zero-order valence-corrected chi connectivity index (χ0v) is 8.78. The van der Waals surface area contributed by atoms with Gasteiger partial charge in [-0.3, -0.25) is 4.79 Å². The molecule has 0 aliphatic carbocycles. The number of hydrogen-bond donors (Lipinski definition) is 0. The number of imide groups is 1. The standard InChI is InChI=1S/C10H17NO3/c1-3-4-8(2)7-9(12)11-5-6-14-10(11)13/h8H,3-7H2,1-2H3/t8-/m1/s1. The Balaban J connectivity index is 2.37. The van der Waals surface area contributed by atoms with Crippen LogP contribution in [-0.2, 0) is 9.53 Å². The molecule has 0 N–H and O–H groups in total. The summed E-state index contributed by atoms with van der Waals surface area (Å²) in [6, 6.07) is 0. The van der Waals surface area contributed by atoms with Gasteiger partial charge < -0.3 is 4.74 Å². The van der Waals surface area contributed by atoms with Gasteiger partial charge in [-0.15, -0.1) is 0 Å². The van der Waals surface area contributed by atoms with Crippen molar-refractivity contribution in [3.8, 4) is 0 Å². The van der Waals surface area contributed by atoms with Crippen LogP contribution in [0.15, 0.2) is 0 Å². The quantitative estimate of drug-likeness (QED) is 0.693. The van der Waals surface area contributed by atoms with E-state index in [9.17, 15) is 9.59 Å². The van der Waals surface area contributed by atoms with E-state index < -0.39 is 6.09 Å². The molecule has 80 valence electrons. The van der Waals surface area contributed by atoms with Crippen molar-refractivity contribution in [2.45, 2.75) is 33.1 Å². The molecule has 14 heavy (non-hydrogen) atoms. The van der Waals surface area contributed by atoms with Gasteiger partial charge in [0.05, 0.1) is 6.54 Å². The van der Waals surface area contributed by atoms with E-state index in [1.54, 1.807) is 0 Å². The molecule has 0 radical (unpaired) electrons. The molecular weight excluding hydrogens is 182 g/mol. The van der Waals surface area contributed by atoms with E-state index in [0.717, 1.165) is 12.8 Å². The summed E-state index contributed by atoms with van der Waals surface area (Å²) in [6.45, 7) is 4.87. The van der Waals surface area contributed by atoms with Crippen molar-refractivity contribution in [3.05, 3.63) is 0 Å². The lowest BCUT2D eigenvalue weighted by Crippen LogP contribution is -2.32. The van der Waals surface area contributed by atoms with Crippen molar-refractivity contribution in [2.24, 2.45) is 5.92 Å². The van der Waals surface area contributed by atoms with Crippen LogP contribution >= 0.6 is 0 Å². The number of amides is 2. The molecule has 4 nitrogen and oxygen atoms in total. The van der Waals surface area contributed by atoms with Crippen LogP contribution in [0.25, 0.3) is 0 Å². The van der Waals surface area contributed by atoms with Crippen LogP contribution in [0.2, 0.25) is 0 Å². The largest absolute Gasteiger partial charge is 0.447 e. The molecule has 0 aromatic heterocycles. The summed E-state index contributed by atoms with van der Waals surface area (Å²) in [6.07, 6.45) is 2.05. The molecule has 0 unspecified atom stereocenters. The maximum Gasteiger partial charge on any atom is 0.416 e. The lowest BCUT2D eigenvalue weighted by Gasteiger charge is -2.14. The lowest BCUT2D eigenvalue weighted by molar-refractivity contribution is -0.128. The topological polar surface area (TPSA) is 46.6 Å². The van der Waals surface area contributed by atoms with Gasteiger partial charge in [0, 0.05) is 6.42 Å². The second-order valence-corrected chi connectivity index (χ2v) is 3.76. The van der Waals surface area contributed by atoms with Gasteiger partial charge in [0.25, 0.3) is 0 Å². The molecule has 1 fully saturated rings. The third-order valence-electron chi connectivity index (χ3n) is 2.37. The first kappa shape index (κ1) is 11.0. The molecule has 1 saturated heterocycles. The molecule has 1 aliphatic heterocycles. The van der Waals surface area contributed by atoms with Gasteiger partial charge in [-0.05, 0) is 5.92 Å². The Bertz CT molecular complexity index is 227. The predicted octanol–water partition coefficient (Wildman–Crippen LogP) is 1.79. The van der Waals surface area contributed by atoms with Crippen molar-refractivity contribution in [1.82, 2.24) is 4.90 Å². The summed E-state index contributed by atoms with van der Waals surface area (Å²) >= 11 is 0. The minimum atomic E-state index is -0.487. The minimum absolute atomic E-state index is 0.103. The zero-order chi connectivity index (χ0) is 10.6. The normalized spacial score (nSPS) is 18.1. The summed E-state index contributed by atoms with van der Waals surface area (Å²) in [5.74, 6) is 0.245. The highest BCUT2D eigenvalue weighted by atomic mass is 16.6. The van der Waals surface area contributed by atoms with Gasteiger partial charge in [-0.2, -0.15) is 0 Å². The van der Waals surface area contributed by atoms with Gasteiger partial charge in [-0.1, -0.05) is 26.7 Å². The van der Waals surface area contributed by atoms with Crippen molar-refractivity contribution in [3.63, 3.8) is 0 Å². The Morgan fingerprint density at radius 2 is 2.36 bits per heavy atom. The zero-order valence-electron chi connectivity index (χ0n) is 8.78. The molecule has 0 spiro atoms. The van der Waals surface area contributed by atoms with Gasteiger partial charge in [0.15, 0.2) is 0 Å². The number of carbonyl (C=O) groups excluding carboxylic acids is 2. The molecule has 1 heterocycles. The van der Waals surface area contributed by atoms with E-state index in [4.69, 9.17) is 4.74 Å². The van der Waals surface area contributed by atoms with E-state index in [1.165, 1.54) is 4.90 Å². The van der Waals surface area contributed by atoms with Crippen LogP contribution in [0.1, 0.15) is 33.1 Å². The highest BCUT2D eigenvalue weighted by molar-refractivity contribution is 5.92. The molecule has 0 aromatic rings. The number of carbonyl (C=O) groups is 2. The summed E-state index contributed by atoms with van der Waals surface area (Å²) in [4.78, 5) is 23.8. The number of nitrogens with zero attached hydrogens (tertiary/aromatic N) is 1. The number of hydrogen-bond acceptors (Lipinski definition) is 3. The van der Waals surface area contributed by atoms with Crippen molar-refractivity contribution in [2.75, 3.05) is 13.2 Å². The van der Waals surface area contributed by atoms with E-state index in [2.05, 4.69) is 6.92 Å². The minimum Gasteiger partial charge on any atom is -0.447 e. The summed E-state index contributed by atoms with van der Waals surface area (Å²) in [7, 11) is 0. The predicted molar refractivity (Wildman–Crippen MR) is 51.8 cm³/mol. The Morgan fingerprint density at radius 3 is 2.86 bits per heavy atom. The summed E-state index contributed by atoms with van der Waals surface area (Å²) in [5, 5.41) is 0. The Morgan fingerprint density at radius 1 is 1.64 bits per heavy atom. The summed E-state index contributed by atoms with van der Waals surface area (Å²) < 4.78 is 4.69. The van der Waals surface area contributed by atoms with Crippen molar-refractivity contribution in [1.29, 1.82) is 0 Å². The SMILES string of the molecule is CCC[C@@H](C)CC(=O)N1CCOC1=O. The van der Waals surface area contributed by atoms with Crippen LogP contribution in [0.3, 0.4) is 0 Å². The maximum absolute atomic E-state index is 11.6. The van der Waals surface area contributed by atoms with E-state index in [-0.39, 0.29) is 5.91 Å². The molecule has 1 rings (SSSR count). The molecule has 0 aromatic carbocycles. The fraction of sp³-hybridized carbons (Fsp3) is 0.800. The van der Waals surface area contributed by atoms with Crippen molar-refractivity contribution < 1.29 is 14.3 Å². The second kappa shape index (κ2) is 4.98. The molecule has 2 amide bonds. The molecule has 1 aliphatic rings. The van der Waals surface area contributed by atoms with Gasteiger partial charge >= 0.3 is 6.09 Å². The van der Waals surface area contributed by atoms with Crippen LogP contribution < -0.4 is 0 Å². The number of rotatable bonds is 4. The highest BCUT2D eigenvalue weighted by Crippen LogP contribution is 2.14. The third kappa shape index (κ3) is 2.72. The first-order chi connectivity index (χ1) is 6.65. The first-order valence-electron chi connectivity index (χ1n) is 5.12. The lowest BCUT2D eigenvalue weighted by atomic mass is 10.0. The smallest absolute Gasteiger partial charge is 0.416 e. The first-order valence-corrected chi connectivity index (χ1v) is 5.12. The Kier molecular flexibility index (Phi) is 3.92. The van der Waals surface area contributed by atoms with Gasteiger partial charge in [0.2, 0.25) is 5.91 Å². The molecular formula is C10H17NO3. The summed E-state index contributed by atoms with van der Waals surface area (Å²) in [5.41, 5.74) is 0. The Labute approximate surface area is 84.2 Å². The van der Waals surface area contributed by atoms with E-state index in [0.29, 0.717) is 25.5 Å². The number of ether oxygens (including phenoxy) is 1. The maximum atomic E-state index is 11.6. The highest BCUT2D eigenvalue weighted by Gasteiger charge is 2.28.